The topological polar surface area (TPSA) is 35.2 Å². The van der Waals surface area contributed by atoms with Gasteiger partial charge in [-0.15, -0.1) is 0 Å². The third-order valence-corrected chi connectivity index (χ3v) is 3.16. The zero-order chi connectivity index (χ0) is 11.4. The van der Waals surface area contributed by atoms with Gasteiger partial charge >= 0.3 is 0 Å². The van der Waals surface area contributed by atoms with Crippen molar-refractivity contribution in [1.82, 2.24) is 0 Å². The molecule has 1 aliphatic carbocycles. The second kappa shape index (κ2) is 5.17. The molecule has 0 radical (unpaired) electrons. The highest BCUT2D eigenvalue weighted by Crippen LogP contribution is 2.25. The van der Waals surface area contributed by atoms with Crippen LogP contribution in [0.2, 0.25) is 0 Å². The van der Waals surface area contributed by atoms with Crippen LogP contribution >= 0.6 is 0 Å². The highest BCUT2D eigenvalue weighted by Gasteiger charge is 2.12. The second-order valence-corrected chi connectivity index (χ2v) is 4.39. The zero-order valence-electron chi connectivity index (χ0n) is 9.78. The van der Waals surface area contributed by atoms with Crippen molar-refractivity contribution >= 4 is 0 Å². The van der Waals surface area contributed by atoms with Crippen molar-refractivity contribution < 1.29 is 4.74 Å². The standard InChI is InChI=1S/C14H19NO/c1-16-14-5-3-2-4-12(14)10-11-6-8-13(15)9-7-11/h2-6,13H,7-10,15H2,1H3. The van der Waals surface area contributed by atoms with Gasteiger partial charge in [0.05, 0.1) is 7.11 Å². The Morgan fingerprint density at radius 2 is 2.19 bits per heavy atom. The molecule has 0 fully saturated rings. The third-order valence-electron chi connectivity index (χ3n) is 3.16. The molecule has 0 aliphatic heterocycles. The van der Waals surface area contributed by atoms with E-state index >= 15 is 0 Å². The van der Waals surface area contributed by atoms with E-state index in [0.717, 1.165) is 31.4 Å². The lowest BCUT2D eigenvalue weighted by Gasteiger charge is -2.19. The highest BCUT2D eigenvalue weighted by molar-refractivity contribution is 5.36. The van der Waals surface area contributed by atoms with Gasteiger partial charge in [0.2, 0.25) is 0 Å². The van der Waals surface area contributed by atoms with Gasteiger partial charge in [-0.05, 0) is 37.3 Å². The van der Waals surface area contributed by atoms with Crippen LogP contribution in [0.25, 0.3) is 0 Å². The van der Waals surface area contributed by atoms with E-state index in [9.17, 15) is 0 Å². The summed E-state index contributed by atoms with van der Waals surface area (Å²) in [6.07, 6.45) is 6.54. The predicted molar refractivity (Wildman–Crippen MR) is 66.6 cm³/mol. The molecule has 0 bridgehead atoms. The maximum absolute atomic E-state index is 5.88. The van der Waals surface area contributed by atoms with Crippen LogP contribution in [0, 0.1) is 0 Å². The fourth-order valence-corrected chi connectivity index (χ4v) is 2.16. The highest BCUT2D eigenvalue weighted by atomic mass is 16.5. The normalized spacial score (nSPS) is 20.4. The number of allylic oxidation sites excluding steroid dienone is 1. The molecule has 0 saturated heterocycles. The molecule has 1 aromatic carbocycles. The maximum atomic E-state index is 5.88. The Balaban J connectivity index is 2.09. The van der Waals surface area contributed by atoms with Crippen LogP contribution in [0.5, 0.6) is 5.75 Å². The summed E-state index contributed by atoms with van der Waals surface area (Å²) in [7, 11) is 1.73. The number of hydrogen-bond donors (Lipinski definition) is 1. The molecule has 1 unspecified atom stereocenters. The van der Waals surface area contributed by atoms with Crippen molar-refractivity contribution in [2.75, 3.05) is 7.11 Å². The van der Waals surface area contributed by atoms with E-state index in [-0.39, 0.29) is 0 Å². The number of para-hydroxylation sites is 1. The van der Waals surface area contributed by atoms with Crippen molar-refractivity contribution in [3.8, 4) is 5.75 Å². The molecule has 2 nitrogen and oxygen atoms in total. The Hall–Kier alpha value is -1.28. The summed E-state index contributed by atoms with van der Waals surface area (Å²) >= 11 is 0. The lowest BCUT2D eigenvalue weighted by Crippen LogP contribution is -2.22. The molecule has 1 aromatic rings. The van der Waals surface area contributed by atoms with Gasteiger partial charge in [-0.3, -0.25) is 0 Å². The van der Waals surface area contributed by atoms with Crippen LogP contribution in [-0.2, 0) is 6.42 Å². The molecule has 0 amide bonds. The average molecular weight is 217 g/mol. The monoisotopic (exact) mass is 217 g/mol. The fraction of sp³-hybridized carbons (Fsp3) is 0.429. The first-order chi connectivity index (χ1) is 7.79. The van der Waals surface area contributed by atoms with Crippen LogP contribution in [0.3, 0.4) is 0 Å². The molecular formula is C14H19NO. The van der Waals surface area contributed by atoms with E-state index in [2.05, 4.69) is 18.2 Å². The Morgan fingerprint density at radius 1 is 1.38 bits per heavy atom. The summed E-state index contributed by atoms with van der Waals surface area (Å²) in [6, 6.07) is 8.58. The number of nitrogens with two attached hydrogens (primary N) is 1. The van der Waals surface area contributed by atoms with E-state index in [1.807, 2.05) is 12.1 Å². The number of ether oxygens (including phenoxy) is 1. The van der Waals surface area contributed by atoms with Gasteiger partial charge < -0.3 is 10.5 Å². The van der Waals surface area contributed by atoms with Gasteiger partial charge in [-0.2, -0.15) is 0 Å². The van der Waals surface area contributed by atoms with Crippen molar-refractivity contribution in [2.45, 2.75) is 31.7 Å². The van der Waals surface area contributed by atoms with Gasteiger partial charge in [0.15, 0.2) is 0 Å². The number of hydrogen-bond acceptors (Lipinski definition) is 2. The molecule has 1 atom stereocenters. The SMILES string of the molecule is COc1ccccc1CC1=CCC(N)CC1. The maximum Gasteiger partial charge on any atom is 0.122 e. The Bertz CT molecular complexity index is 384. The van der Waals surface area contributed by atoms with E-state index in [1.165, 1.54) is 11.1 Å². The van der Waals surface area contributed by atoms with Crippen molar-refractivity contribution in [2.24, 2.45) is 5.73 Å². The van der Waals surface area contributed by atoms with Crippen LogP contribution in [-0.4, -0.2) is 13.2 Å². The Labute approximate surface area is 97.1 Å². The summed E-state index contributed by atoms with van der Waals surface area (Å²) in [4.78, 5) is 0. The second-order valence-electron chi connectivity index (χ2n) is 4.39. The van der Waals surface area contributed by atoms with E-state index < -0.39 is 0 Å². The van der Waals surface area contributed by atoms with E-state index in [0.29, 0.717) is 6.04 Å². The van der Waals surface area contributed by atoms with Crippen molar-refractivity contribution in [1.29, 1.82) is 0 Å². The predicted octanol–water partition coefficient (Wildman–Crippen LogP) is 2.68. The Kier molecular flexibility index (Phi) is 3.62. The third kappa shape index (κ3) is 2.64. The summed E-state index contributed by atoms with van der Waals surface area (Å²) in [5.74, 6) is 0.985. The minimum atomic E-state index is 0.362. The molecule has 0 saturated carbocycles. The molecule has 2 heteroatoms. The van der Waals surface area contributed by atoms with Crippen molar-refractivity contribution in [3.05, 3.63) is 41.5 Å². The van der Waals surface area contributed by atoms with Crippen LogP contribution in [0.1, 0.15) is 24.8 Å². The number of rotatable bonds is 3. The van der Waals surface area contributed by atoms with E-state index in [1.54, 1.807) is 7.11 Å². The van der Waals surface area contributed by atoms with Crippen LogP contribution in [0.4, 0.5) is 0 Å². The molecule has 1 aliphatic rings. The average Bonchev–Trinajstić information content (AvgIpc) is 2.33. The molecular weight excluding hydrogens is 198 g/mol. The largest absolute Gasteiger partial charge is 0.496 e. The van der Waals surface area contributed by atoms with Gasteiger partial charge in [0.1, 0.15) is 5.75 Å². The zero-order valence-corrected chi connectivity index (χ0v) is 9.78. The molecule has 0 aromatic heterocycles. The fourth-order valence-electron chi connectivity index (χ4n) is 2.16. The molecule has 16 heavy (non-hydrogen) atoms. The first-order valence-electron chi connectivity index (χ1n) is 5.85. The molecule has 2 rings (SSSR count). The quantitative estimate of drug-likeness (QED) is 0.790. The molecule has 86 valence electrons. The van der Waals surface area contributed by atoms with Gasteiger partial charge in [0, 0.05) is 6.04 Å². The van der Waals surface area contributed by atoms with E-state index in [4.69, 9.17) is 10.5 Å². The van der Waals surface area contributed by atoms with Gasteiger partial charge in [-0.25, -0.2) is 0 Å². The molecule has 0 spiro atoms. The summed E-state index contributed by atoms with van der Waals surface area (Å²) < 4.78 is 5.36. The molecule has 2 N–H and O–H groups in total. The van der Waals surface area contributed by atoms with Crippen LogP contribution in [0.15, 0.2) is 35.9 Å². The first-order valence-corrected chi connectivity index (χ1v) is 5.85. The summed E-state index contributed by atoms with van der Waals surface area (Å²) in [5.41, 5.74) is 8.64. The van der Waals surface area contributed by atoms with Crippen molar-refractivity contribution in [3.63, 3.8) is 0 Å². The van der Waals surface area contributed by atoms with Crippen LogP contribution < -0.4 is 10.5 Å². The molecule has 0 heterocycles. The minimum Gasteiger partial charge on any atom is -0.496 e. The lowest BCUT2D eigenvalue weighted by molar-refractivity contribution is 0.410. The minimum absolute atomic E-state index is 0.362. The number of methoxy groups -OCH3 is 1. The number of benzene rings is 1. The summed E-state index contributed by atoms with van der Waals surface area (Å²) in [5, 5.41) is 0. The first kappa shape index (κ1) is 11.2. The van der Waals surface area contributed by atoms with Gasteiger partial charge in [0.25, 0.3) is 0 Å². The summed E-state index contributed by atoms with van der Waals surface area (Å²) in [6.45, 7) is 0. The smallest absolute Gasteiger partial charge is 0.122 e. The Morgan fingerprint density at radius 3 is 2.88 bits per heavy atom. The van der Waals surface area contributed by atoms with Gasteiger partial charge in [-0.1, -0.05) is 29.8 Å². The lowest BCUT2D eigenvalue weighted by atomic mass is 9.91.